The van der Waals surface area contributed by atoms with Gasteiger partial charge in [-0.3, -0.25) is 0 Å². The van der Waals surface area contributed by atoms with Crippen LogP contribution in [-0.4, -0.2) is 31.3 Å². The van der Waals surface area contributed by atoms with Crippen molar-refractivity contribution in [3.05, 3.63) is 59.1 Å². The minimum atomic E-state index is -0.432. The van der Waals surface area contributed by atoms with Gasteiger partial charge in [-0.05, 0) is 30.3 Å². The summed E-state index contributed by atoms with van der Waals surface area (Å²) in [7, 11) is 1.63. The van der Waals surface area contributed by atoms with Gasteiger partial charge in [-0.15, -0.1) is 11.3 Å². The molecule has 0 aliphatic carbocycles. The number of hydrogen-bond donors (Lipinski definition) is 0. The fourth-order valence-electron chi connectivity index (χ4n) is 2.71. The molecule has 0 saturated heterocycles. The van der Waals surface area contributed by atoms with E-state index in [1.807, 2.05) is 29.6 Å². The molecular formula is C20H17NO5S. The monoisotopic (exact) mass is 383 g/mol. The zero-order valence-corrected chi connectivity index (χ0v) is 15.5. The number of hydrogen-bond acceptors (Lipinski definition) is 7. The van der Waals surface area contributed by atoms with E-state index in [1.54, 1.807) is 25.3 Å². The number of ether oxygens (including phenoxy) is 4. The van der Waals surface area contributed by atoms with E-state index in [1.165, 1.54) is 11.3 Å². The summed E-state index contributed by atoms with van der Waals surface area (Å²) >= 11 is 1.48. The fourth-order valence-corrected chi connectivity index (χ4v) is 3.55. The topological polar surface area (TPSA) is 66.9 Å². The number of esters is 1. The van der Waals surface area contributed by atoms with Gasteiger partial charge in [0.25, 0.3) is 0 Å². The van der Waals surface area contributed by atoms with E-state index in [0.717, 1.165) is 16.3 Å². The van der Waals surface area contributed by atoms with Gasteiger partial charge in [0.15, 0.2) is 11.5 Å². The Labute approximate surface area is 160 Å². The Kier molecular flexibility index (Phi) is 4.93. The van der Waals surface area contributed by atoms with Gasteiger partial charge in [0.2, 0.25) is 0 Å². The first-order valence-electron chi connectivity index (χ1n) is 8.39. The number of fused-ring (bicyclic) bond motifs is 1. The van der Waals surface area contributed by atoms with Crippen LogP contribution in [0.4, 0.5) is 0 Å². The van der Waals surface area contributed by atoms with Crippen molar-refractivity contribution in [1.82, 2.24) is 4.98 Å². The number of aromatic nitrogens is 1. The van der Waals surface area contributed by atoms with Gasteiger partial charge in [0.1, 0.15) is 30.6 Å². The lowest BCUT2D eigenvalue weighted by Gasteiger charge is -2.18. The highest BCUT2D eigenvalue weighted by atomic mass is 32.1. The van der Waals surface area contributed by atoms with Crippen molar-refractivity contribution in [2.75, 3.05) is 20.3 Å². The molecule has 2 aromatic carbocycles. The highest BCUT2D eigenvalue weighted by molar-refractivity contribution is 7.13. The molecule has 1 aliphatic rings. The van der Waals surface area contributed by atoms with Crippen LogP contribution < -0.4 is 14.2 Å². The molecule has 0 saturated carbocycles. The molecular weight excluding hydrogens is 366 g/mol. The maximum Gasteiger partial charge on any atom is 0.338 e. The number of nitrogens with zero attached hydrogens (tertiary/aromatic N) is 1. The molecule has 3 aromatic rings. The molecule has 6 nitrogen and oxygen atoms in total. The Balaban J connectivity index is 1.43. The third-order valence-corrected chi connectivity index (χ3v) is 4.94. The largest absolute Gasteiger partial charge is 0.496 e. The minimum absolute atomic E-state index is 0.0962. The zero-order chi connectivity index (χ0) is 18.6. The highest BCUT2D eigenvalue weighted by Crippen LogP contribution is 2.33. The summed E-state index contributed by atoms with van der Waals surface area (Å²) in [4.78, 5) is 16.9. The average molecular weight is 383 g/mol. The summed E-state index contributed by atoms with van der Waals surface area (Å²) in [5, 5.41) is 2.69. The van der Waals surface area contributed by atoms with Crippen molar-refractivity contribution in [3.63, 3.8) is 0 Å². The Hall–Kier alpha value is -3.06. The molecule has 0 fully saturated rings. The van der Waals surface area contributed by atoms with E-state index >= 15 is 0 Å². The number of methoxy groups -OCH3 is 1. The second kappa shape index (κ2) is 7.67. The molecule has 0 amide bonds. The number of carbonyl (C=O) groups is 1. The van der Waals surface area contributed by atoms with Crippen molar-refractivity contribution in [1.29, 1.82) is 0 Å². The van der Waals surface area contributed by atoms with E-state index in [9.17, 15) is 4.79 Å². The molecule has 1 aliphatic heterocycles. The van der Waals surface area contributed by atoms with E-state index in [0.29, 0.717) is 36.0 Å². The Morgan fingerprint density at radius 1 is 1.15 bits per heavy atom. The maximum absolute atomic E-state index is 12.3. The lowest BCUT2D eigenvalue weighted by molar-refractivity contribution is 0.0467. The number of para-hydroxylation sites is 1. The number of benzene rings is 2. The van der Waals surface area contributed by atoms with Crippen LogP contribution in [0, 0.1) is 0 Å². The molecule has 138 valence electrons. The van der Waals surface area contributed by atoms with Crippen molar-refractivity contribution < 1.29 is 23.7 Å². The van der Waals surface area contributed by atoms with Crippen LogP contribution in [0.2, 0.25) is 0 Å². The van der Waals surface area contributed by atoms with Crippen molar-refractivity contribution in [2.45, 2.75) is 6.61 Å². The number of thiazole rings is 1. The first-order valence-corrected chi connectivity index (χ1v) is 9.27. The van der Waals surface area contributed by atoms with E-state index in [-0.39, 0.29) is 6.61 Å². The molecule has 2 heterocycles. The predicted molar refractivity (Wildman–Crippen MR) is 101 cm³/mol. The van der Waals surface area contributed by atoms with Crippen molar-refractivity contribution >= 4 is 17.3 Å². The van der Waals surface area contributed by atoms with Gasteiger partial charge in [-0.25, -0.2) is 9.78 Å². The second-order valence-electron chi connectivity index (χ2n) is 5.78. The first-order chi connectivity index (χ1) is 13.2. The smallest absolute Gasteiger partial charge is 0.338 e. The van der Waals surface area contributed by atoms with Crippen LogP contribution in [0.5, 0.6) is 17.2 Å². The van der Waals surface area contributed by atoms with Crippen LogP contribution in [0.1, 0.15) is 16.1 Å². The normalized spacial score (nSPS) is 12.5. The summed E-state index contributed by atoms with van der Waals surface area (Å²) in [5.74, 6) is 1.52. The zero-order valence-electron chi connectivity index (χ0n) is 14.6. The quantitative estimate of drug-likeness (QED) is 0.622. The summed E-state index contributed by atoms with van der Waals surface area (Å²) < 4.78 is 21.7. The number of carbonyl (C=O) groups excluding carboxylic acids is 1. The maximum atomic E-state index is 12.3. The van der Waals surface area contributed by atoms with Gasteiger partial charge >= 0.3 is 5.97 Å². The molecule has 27 heavy (non-hydrogen) atoms. The molecule has 0 spiro atoms. The third kappa shape index (κ3) is 3.73. The van der Waals surface area contributed by atoms with Crippen LogP contribution >= 0.6 is 11.3 Å². The first kappa shape index (κ1) is 17.4. The summed E-state index contributed by atoms with van der Waals surface area (Å²) in [6.07, 6.45) is 0. The van der Waals surface area contributed by atoms with Crippen molar-refractivity contribution in [2.24, 2.45) is 0 Å². The number of rotatable bonds is 5. The lowest BCUT2D eigenvalue weighted by atomic mass is 10.2. The van der Waals surface area contributed by atoms with Gasteiger partial charge in [-0.1, -0.05) is 12.1 Å². The standard InChI is InChI=1S/C20H17NO5S/c1-23-16-5-3-2-4-15(16)19-21-14(12-27-19)11-26-20(22)13-6-7-17-18(10-13)25-9-8-24-17/h2-7,10,12H,8-9,11H2,1H3. The minimum Gasteiger partial charge on any atom is -0.496 e. The summed E-state index contributed by atoms with van der Waals surface area (Å²) in [6, 6.07) is 12.7. The van der Waals surface area contributed by atoms with Crippen molar-refractivity contribution in [3.8, 4) is 27.8 Å². The van der Waals surface area contributed by atoms with Crippen LogP contribution in [0.15, 0.2) is 47.8 Å². The molecule has 0 atom stereocenters. The molecule has 7 heteroatoms. The van der Waals surface area contributed by atoms with E-state index < -0.39 is 5.97 Å². The Morgan fingerprint density at radius 3 is 2.81 bits per heavy atom. The van der Waals surface area contributed by atoms with Gasteiger partial charge in [0, 0.05) is 5.38 Å². The van der Waals surface area contributed by atoms with E-state index in [4.69, 9.17) is 18.9 Å². The van der Waals surface area contributed by atoms with E-state index in [2.05, 4.69) is 4.98 Å². The van der Waals surface area contributed by atoms with Crippen LogP contribution in [0.3, 0.4) is 0 Å². The SMILES string of the molecule is COc1ccccc1-c1nc(COC(=O)c2ccc3c(c2)OCCO3)cs1. The molecule has 0 radical (unpaired) electrons. The molecule has 4 rings (SSSR count). The van der Waals surface area contributed by atoms with Crippen LogP contribution in [0.25, 0.3) is 10.6 Å². The molecule has 1 aromatic heterocycles. The van der Waals surface area contributed by atoms with Gasteiger partial charge in [-0.2, -0.15) is 0 Å². The van der Waals surface area contributed by atoms with Gasteiger partial charge < -0.3 is 18.9 Å². The molecule has 0 unspecified atom stereocenters. The lowest BCUT2D eigenvalue weighted by Crippen LogP contribution is -2.16. The van der Waals surface area contributed by atoms with Crippen LogP contribution in [-0.2, 0) is 11.3 Å². The summed E-state index contributed by atoms with van der Waals surface area (Å²) in [6.45, 7) is 1.07. The Morgan fingerprint density at radius 2 is 1.96 bits per heavy atom. The fraction of sp³-hybridized carbons (Fsp3) is 0.200. The Bertz CT molecular complexity index is 969. The second-order valence-corrected chi connectivity index (χ2v) is 6.64. The predicted octanol–water partition coefficient (Wildman–Crippen LogP) is 3.95. The third-order valence-electron chi connectivity index (χ3n) is 4.02. The summed E-state index contributed by atoms with van der Waals surface area (Å²) in [5.41, 5.74) is 2.01. The molecule has 0 bridgehead atoms. The molecule has 0 N–H and O–H groups in total. The highest BCUT2D eigenvalue weighted by Gasteiger charge is 2.16. The average Bonchev–Trinajstić information content (AvgIpc) is 3.20. The van der Waals surface area contributed by atoms with Gasteiger partial charge in [0.05, 0.1) is 23.9 Å².